The Hall–Kier alpha value is -1.40. The van der Waals surface area contributed by atoms with Gasteiger partial charge in [-0.2, -0.15) is 13.2 Å². The molecule has 0 aliphatic heterocycles. The van der Waals surface area contributed by atoms with Crippen LogP contribution in [0.1, 0.15) is 28.4 Å². The third-order valence-electron chi connectivity index (χ3n) is 2.99. The molecule has 1 unspecified atom stereocenters. The highest BCUT2D eigenvalue weighted by molar-refractivity contribution is 9.10. The lowest BCUT2D eigenvalue weighted by molar-refractivity contribution is -0.138. The molecule has 0 aliphatic rings. The van der Waals surface area contributed by atoms with Crippen molar-refractivity contribution in [3.63, 3.8) is 0 Å². The Balaban J connectivity index is 2.46. The normalized spacial score (nSPS) is 13.3. The summed E-state index contributed by atoms with van der Waals surface area (Å²) >= 11 is 2.83. The Morgan fingerprint density at radius 3 is 2.29 bits per heavy atom. The highest BCUT2D eigenvalue weighted by Gasteiger charge is 2.33. The summed E-state index contributed by atoms with van der Waals surface area (Å²) in [6.45, 7) is 1.64. The van der Waals surface area contributed by atoms with Gasteiger partial charge in [0.05, 0.1) is 5.56 Å². The molecule has 0 aliphatic carbocycles. The van der Waals surface area contributed by atoms with Gasteiger partial charge in [-0.25, -0.2) is 4.39 Å². The van der Waals surface area contributed by atoms with Gasteiger partial charge < -0.3 is 5.11 Å². The van der Waals surface area contributed by atoms with Crippen molar-refractivity contribution >= 4 is 15.9 Å². The minimum atomic E-state index is -4.54. The van der Waals surface area contributed by atoms with E-state index in [0.29, 0.717) is 5.56 Å². The van der Waals surface area contributed by atoms with Gasteiger partial charge in [-0.05, 0) is 47.9 Å². The average molecular weight is 363 g/mol. The van der Waals surface area contributed by atoms with E-state index in [1.54, 1.807) is 6.92 Å². The maximum Gasteiger partial charge on any atom is 0.417 e. The van der Waals surface area contributed by atoms with Crippen molar-refractivity contribution in [2.75, 3.05) is 0 Å². The highest BCUT2D eigenvalue weighted by atomic mass is 79.9. The minimum Gasteiger partial charge on any atom is -0.384 e. The number of aliphatic hydroxyl groups excluding tert-OH is 1. The van der Waals surface area contributed by atoms with Crippen molar-refractivity contribution in [1.82, 2.24) is 0 Å². The van der Waals surface area contributed by atoms with E-state index in [0.717, 1.165) is 12.1 Å². The molecular weight excluding hydrogens is 352 g/mol. The van der Waals surface area contributed by atoms with Crippen molar-refractivity contribution < 1.29 is 22.7 Å². The summed E-state index contributed by atoms with van der Waals surface area (Å²) < 4.78 is 51.8. The van der Waals surface area contributed by atoms with Crippen LogP contribution in [0.2, 0.25) is 0 Å². The molecule has 2 aromatic carbocycles. The zero-order chi connectivity index (χ0) is 15.8. The lowest BCUT2D eigenvalue weighted by Crippen LogP contribution is -2.09. The first-order valence-corrected chi connectivity index (χ1v) is 6.79. The molecule has 0 aromatic heterocycles. The van der Waals surface area contributed by atoms with Gasteiger partial charge in [-0.15, -0.1) is 0 Å². The lowest BCUT2D eigenvalue weighted by Gasteiger charge is -2.16. The fourth-order valence-electron chi connectivity index (χ4n) is 2.05. The van der Waals surface area contributed by atoms with Crippen molar-refractivity contribution in [2.24, 2.45) is 0 Å². The van der Waals surface area contributed by atoms with E-state index >= 15 is 0 Å². The van der Waals surface area contributed by atoms with E-state index in [2.05, 4.69) is 15.9 Å². The number of hydrogen-bond donors (Lipinski definition) is 1. The zero-order valence-corrected chi connectivity index (χ0v) is 12.5. The largest absolute Gasteiger partial charge is 0.417 e. The van der Waals surface area contributed by atoms with Gasteiger partial charge in [0.2, 0.25) is 0 Å². The molecule has 0 bridgehead atoms. The van der Waals surface area contributed by atoms with Crippen LogP contribution >= 0.6 is 15.9 Å². The van der Waals surface area contributed by atoms with E-state index in [1.807, 2.05) is 0 Å². The number of alkyl halides is 3. The van der Waals surface area contributed by atoms with E-state index < -0.39 is 23.7 Å². The Kier molecular flexibility index (Phi) is 4.39. The maximum absolute atomic E-state index is 13.3. The Morgan fingerprint density at radius 1 is 1.05 bits per heavy atom. The number of halogens is 5. The second-order valence-electron chi connectivity index (χ2n) is 4.70. The molecule has 2 rings (SSSR count). The fraction of sp³-hybridized carbons (Fsp3) is 0.200. The maximum atomic E-state index is 13.3. The van der Waals surface area contributed by atoms with E-state index in [1.165, 1.54) is 24.3 Å². The van der Waals surface area contributed by atoms with Gasteiger partial charge in [0.15, 0.2) is 0 Å². The van der Waals surface area contributed by atoms with Crippen LogP contribution in [-0.2, 0) is 6.18 Å². The van der Waals surface area contributed by atoms with Crippen molar-refractivity contribution in [1.29, 1.82) is 0 Å². The fourth-order valence-corrected chi connectivity index (χ4v) is 2.52. The molecule has 0 amide bonds. The van der Waals surface area contributed by atoms with Crippen LogP contribution in [0.4, 0.5) is 17.6 Å². The average Bonchev–Trinajstić information content (AvgIpc) is 2.36. The number of benzene rings is 2. The van der Waals surface area contributed by atoms with Gasteiger partial charge >= 0.3 is 6.18 Å². The predicted molar refractivity (Wildman–Crippen MR) is 74.3 cm³/mol. The van der Waals surface area contributed by atoms with Crippen LogP contribution in [-0.4, -0.2) is 5.11 Å². The number of aryl methyl sites for hydroxylation is 1. The number of aliphatic hydroxyl groups is 1. The molecule has 21 heavy (non-hydrogen) atoms. The van der Waals surface area contributed by atoms with Crippen LogP contribution < -0.4 is 0 Å². The molecule has 0 radical (unpaired) electrons. The van der Waals surface area contributed by atoms with Gasteiger partial charge in [0, 0.05) is 4.47 Å². The summed E-state index contributed by atoms with van der Waals surface area (Å²) in [6, 6.07) is 7.35. The summed E-state index contributed by atoms with van der Waals surface area (Å²) in [6.07, 6.45) is -5.86. The van der Waals surface area contributed by atoms with Crippen LogP contribution in [0.5, 0.6) is 0 Å². The standard InChI is InChI=1S/C15H11BrF4O/c1-8-4-10(6-11(17)5-8)14(21)9-2-3-13(16)12(7-9)15(18,19)20/h2-7,14,21H,1H3. The molecule has 112 valence electrons. The van der Waals surface area contributed by atoms with E-state index in [9.17, 15) is 22.7 Å². The first kappa shape index (κ1) is 16.0. The molecule has 0 fully saturated rings. The van der Waals surface area contributed by atoms with Gasteiger partial charge in [-0.1, -0.05) is 28.1 Å². The minimum absolute atomic E-state index is 0.0514. The SMILES string of the molecule is Cc1cc(F)cc(C(O)c2ccc(Br)c(C(F)(F)F)c2)c1. The van der Waals surface area contributed by atoms with Crippen molar-refractivity contribution in [3.05, 3.63) is 68.9 Å². The molecule has 1 N–H and O–H groups in total. The zero-order valence-electron chi connectivity index (χ0n) is 10.9. The third kappa shape index (κ3) is 3.63. The third-order valence-corrected chi connectivity index (χ3v) is 3.68. The molecule has 0 spiro atoms. The smallest absolute Gasteiger partial charge is 0.384 e. The van der Waals surface area contributed by atoms with Gasteiger partial charge in [-0.3, -0.25) is 0 Å². The van der Waals surface area contributed by atoms with Crippen LogP contribution in [0, 0.1) is 12.7 Å². The van der Waals surface area contributed by atoms with Crippen LogP contribution in [0.15, 0.2) is 40.9 Å². The Labute approximate surface area is 127 Å². The molecule has 0 saturated carbocycles. The monoisotopic (exact) mass is 362 g/mol. The molecule has 2 aromatic rings. The highest BCUT2D eigenvalue weighted by Crippen LogP contribution is 2.37. The van der Waals surface area contributed by atoms with Gasteiger partial charge in [0.25, 0.3) is 0 Å². The summed E-state index contributed by atoms with van der Waals surface area (Å²) in [5.41, 5.74) is -0.0390. The summed E-state index contributed by atoms with van der Waals surface area (Å²) in [4.78, 5) is 0. The summed E-state index contributed by atoms with van der Waals surface area (Å²) in [5, 5.41) is 10.2. The molecule has 0 saturated heterocycles. The molecular formula is C15H11BrF4O. The first-order valence-electron chi connectivity index (χ1n) is 6.00. The van der Waals surface area contributed by atoms with Crippen LogP contribution in [0.25, 0.3) is 0 Å². The second kappa shape index (κ2) is 5.77. The number of hydrogen-bond acceptors (Lipinski definition) is 1. The topological polar surface area (TPSA) is 20.2 Å². The van der Waals surface area contributed by atoms with Crippen molar-refractivity contribution in [3.8, 4) is 0 Å². The first-order chi connectivity index (χ1) is 9.68. The molecule has 1 atom stereocenters. The van der Waals surface area contributed by atoms with E-state index in [4.69, 9.17) is 0 Å². The summed E-state index contributed by atoms with van der Waals surface area (Å²) in [5.74, 6) is -0.544. The Bertz CT molecular complexity index is 647. The molecule has 6 heteroatoms. The molecule has 0 heterocycles. The Morgan fingerprint density at radius 2 is 1.71 bits per heavy atom. The van der Waals surface area contributed by atoms with Crippen molar-refractivity contribution in [2.45, 2.75) is 19.2 Å². The quantitative estimate of drug-likeness (QED) is 0.745. The van der Waals surface area contributed by atoms with E-state index in [-0.39, 0.29) is 15.6 Å². The summed E-state index contributed by atoms with van der Waals surface area (Å²) in [7, 11) is 0. The number of rotatable bonds is 2. The van der Waals surface area contributed by atoms with Crippen LogP contribution in [0.3, 0.4) is 0 Å². The lowest BCUT2D eigenvalue weighted by atomic mass is 9.98. The van der Waals surface area contributed by atoms with Gasteiger partial charge in [0.1, 0.15) is 11.9 Å². The second-order valence-corrected chi connectivity index (χ2v) is 5.56. The predicted octanol–water partition coefficient (Wildman–Crippen LogP) is 5.00. The molecule has 1 nitrogen and oxygen atoms in total.